The molecule has 0 aliphatic heterocycles. The van der Waals surface area contributed by atoms with Crippen molar-refractivity contribution in [1.82, 2.24) is 4.57 Å². The molecule has 0 fully saturated rings. The maximum atomic E-state index is 14.0. The molecule has 0 unspecified atom stereocenters. The van der Waals surface area contributed by atoms with Crippen LogP contribution < -0.4 is 19.8 Å². The van der Waals surface area contributed by atoms with E-state index in [1.165, 1.54) is 20.3 Å². The van der Waals surface area contributed by atoms with Gasteiger partial charge in [-0.25, -0.2) is 0 Å². The van der Waals surface area contributed by atoms with Crippen molar-refractivity contribution < 1.29 is 34.0 Å². The van der Waals surface area contributed by atoms with E-state index in [-0.39, 0.29) is 23.5 Å². The zero-order valence-electron chi connectivity index (χ0n) is 24.8. The van der Waals surface area contributed by atoms with Gasteiger partial charge in [0.1, 0.15) is 17.2 Å². The Labute approximate surface area is 250 Å². The summed E-state index contributed by atoms with van der Waals surface area (Å²) in [5.41, 5.74) is 2.71. The van der Waals surface area contributed by atoms with Gasteiger partial charge in [-0.1, -0.05) is 36.4 Å². The number of carbonyl (C=O) groups is 1. The maximum Gasteiger partial charge on any atom is 0.306 e. The molecule has 0 aliphatic carbocycles. The minimum absolute atomic E-state index is 0.0648. The molecule has 9 nitrogen and oxygen atoms in total. The highest BCUT2D eigenvalue weighted by atomic mass is 16.5. The van der Waals surface area contributed by atoms with E-state index >= 15 is 0 Å². The van der Waals surface area contributed by atoms with Crippen LogP contribution >= 0.6 is 0 Å². The molecule has 4 rings (SSSR count). The standard InChI is InChI=1S/C34H37NO8/c1-22-20-29(37)32(34(39)35(22)18-16-23-8-12-25(36)13-9-23)28(21-31(38)42-4)27-6-5-7-30(41-3)33(27)43-19-17-24-10-14-26(40-2)15-11-24/h5-15,20,28,36-37H,16-19,21H2,1-4H3/t28-/m0/s1. The van der Waals surface area contributed by atoms with Gasteiger partial charge in [0.15, 0.2) is 11.5 Å². The number of phenolic OH excluding ortho intramolecular Hbond substituents is 1. The summed E-state index contributed by atoms with van der Waals surface area (Å²) in [6, 6.07) is 21.2. The van der Waals surface area contributed by atoms with E-state index in [2.05, 4.69) is 0 Å². The number of benzene rings is 3. The number of phenols is 1. The summed E-state index contributed by atoms with van der Waals surface area (Å²) in [6.45, 7) is 2.37. The number of aromatic nitrogens is 1. The predicted molar refractivity (Wildman–Crippen MR) is 163 cm³/mol. The van der Waals surface area contributed by atoms with Gasteiger partial charge >= 0.3 is 5.97 Å². The molecule has 0 radical (unpaired) electrons. The number of hydrogen-bond donors (Lipinski definition) is 2. The quantitative estimate of drug-likeness (QED) is 0.207. The van der Waals surface area contributed by atoms with E-state index in [1.807, 2.05) is 24.3 Å². The second kappa shape index (κ2) is 14.3. The largest absolute Gasteiger partial charge is 0.508 e. The monoisotopic (exact) mass is 587 g/mol. The molecule has 9 heteroatoms. The van der Waals surface area contributed by atoms with E-state index in [9.17, 15) is 19.8 Å². The first kappa shape index (κ1) is 31.0. The van der Waals surface area contributed by atoms with Crippen molar-refractivity contribution in [1.29, 1.82) is 0 Å². The number of para-hydroxylation sites is 1. The Bertz CT molecular complexity index is 1590. The number of ether oxygens (including phenoxy) is 4. The van der Waals surface area contributed by atoms with Gasteiger partial charge in [0, 0.05) is 30.1 Å². The Balaban J connectivity index is 1.72. The zero-order valence-corrected chi connectivity index (χ0v) is 24.8. The Morgan fingerprint density at radius 1 is 0.884 bits per heavy atom. The molecule has 1 atom stereocenters. The van der Waals surface area contributed by atoms with E-state index in [4.69, 9.17) is 18.9 Å². The highest BCUT2D eigenvalue weighted by molar-refractivity contribution is 5.72. The van der Waals surface area contributed by atoms with Crippen LogP contribution in [0.3, 0.4) is 0 Å². The summed E-state index contributed by atoms with van der Waals surface area (Å²) in [5.74, 6) is 0.0793. The van der Waals surface area contributed by atoms with Crippen LogP contribution in [-0.2, 0) is 28.9 Å². The Morgan fingerprint density at radius 3 is 2.21 bits per heavy atom. The lowest BCUT2D eigenvalue weighted by atomic mass is 9.87. The second-order valence-corrected chi connectivity index (χ2v) is 10.1. The molecule has 226 valence electrons. The number of aromatic hydroxyl groups is 2. The summed E-state index contributed by atoms with van der Waals surface area (Å²) in [6.07, 6.45) is 0.900. The molecule has 43 heavy (non-hydrogen) atoms. The van der Waals surface area contributed by atoms with Crippen LogP contribution in [0, 0.1) is 6.92 Å². The number of pyridine rings is 1. The predicted octanol–water partition coefficient (Wildman–Crippen LogP) is 5.14. The number of aryl methyl sites for hydroxylation is 2. The van der Waals surface area contributed by atoms with E-state index < -0.39 is 17.4 Å². The fraction of sp³-hybridized carbons (Fsp3) is 0.294. The van der Waals surface area contributed by atoms with Gasteiger partial charge in [-0.2, -0.15) is 0 Å². The van der Waals surface area contributed by atoms with Gasteiger partial charge in [-0.15, -0.1) is 0 Å². The summed E-state index contributed by atoms with van der Waals surface area (Å²) in [4.78, 5) is 26.7. The molecule has 0 bridgehead atoms. The van der Waals surface area contributed by atoms with Crippen LogP contribution in [-0.4, -0.2) is 48.7 Å². The average molecular weight is 588 g/mol. The molecule has 0 saturated carbocycles. The molecule has 3 aromatic carbocycles. The Kier molecular flexibility index (Phi) is 10.3. The van der Waals surface area contributed by atoms with Crippen molar-refractivity contribution in [3.8, 4) is 28.7 Å². The molecule has 4 aromatic rings. The van der Waals surface area contributed by atoms with Gasteiger partial charge in [0.05, 0.1) is 39.9 Å². The minimum Gasteiger partial charge on any atom is -0.508 e. The number of methoxy groups -OCH3 is 3. The zero-order chi connectivity index (χ0) is 30.9. The molecule has 0 aliphatic rings. The normalized spacial score (nSPS) is 11.5. The molecule has 0 amide bonds. The summed E-state index contributed by atoms with van der Waals surface area (Å²) < 4.78 is 23.7. The lowest BCUT2D eigenvalue weighted by Crippen LogP contribution is -2.29. The van der Waals surface area contributed by atoms with E-state index in [0.29, 0.717) is 48.7 Å². The van der Waals surface area contributed by atoms with Crippen LogP contribution in [0.2, 0.25) is 0 Å². The molecular weight excluding hydrogens is 550 g/mol. The van der Waals surface area contributed by atoms with Gasteiger partial charge in [-0.3, -0.25) is 9.59 Å². The number of esters is 1. The SMILES string of the molecule is COC(=O)C[C@@H](c1cccc(OC)c1OCCc1ccc(OC)cc1)c1c(O)cc(C)n(CCc2ccc(O)cc2)c1=O. The fourth-order valence-electron chi connectivity index (χ4n) is 5.08. The summed E-state index contributed by atoms with van der Waals surface area (Å²) in [7, 11) is 4.41. The van der Waals surface area contributed by atoms with Crippen molar-refractivity contribution >= 4 is 5.97 Å². The Morgan fingerprint density at radius 2 is 1.56 bits per heavy atom. The number of nitrogens with zero attached hydrogens (tertiary/aromatic N) is 1. The molecule has 0 saturated heterocycles. The summed E-state index contributed by atoms with van der Waals surface area (Å²) in [5, 5.41) is 20.7. The van der Waals surface area contributed by atoms with Gasteiger partial charge in [0.25, 0.3) is 5.56 Å². The number of carbonyl (C=O) groups excluding carboxylic acids is 1. The van der Waals surface area contributed by atoms with Crippen LogP contribution in [0.5, 0.6) is 28.7 Å². The smallest absolute Gasteiger partial charge is 0.306 e. The third-order valence-corrected chi connectivity index (χ3v) is 7.43. The first-order chi connectivity index (χ1) is 20.7. The topological polar surface area (TPSA) is 116 Å². The van der Waals surface area contributed by atoms with Gasteiger partial charge < -0.3 is 33.7 Å². The first-order valence-electron chi connectivity index (χ1n) is 14.0. The van der Waals surface area contributed by atoms with Crippen molar-refractivity contribution in [2.75, 3.05) is 27.9 Å². The molecular formula is C34H37NO8. The lowest BCUT2D eigenvalue weighted by Gasteiger charge is -2.23. The van der Waals surface area contributed by atoms with Crippen LogP contribution in [0.25, 0.3) is 0 Å². The Hall–Kier alpha value is -4.92. The molecule has 1 heterocycles. The molecule has 0 spiro atoms. The van der Waals surface area contributed by atoms with Crippen LogP contribution in [0.15, 0.2) is 77.6 Å². The van der Waals surface area contributed by atoms with Crippen LogP contribution in [0.4, 0.5) is 0 Å². The van der Waals surface area contributed by atoms with Crippen LogP contribution in [0.1, 0.15) is 40.3 Å². The third kappa shape index (κ3) is 7.48. The molecule has 1 aromatic heterocycles. The minimum atomic E-state index is -0.883. The number of hydrogen-bond acceptors (Lipinski definition) is 8. The van der Waals surface area contributed by atoms with Crippen molar-refractivity contribution in [3.05, 3.63) is 111 Å². The fourth-order valence-corrected chi connectivity index (χ4v) is 5.08. The third-order valence-electron chi connectivity index (χ3n) is 7.43. The maximum absolute atomic E-state index is 14.0. The lowest BCUT2D eigenvalue weighted by molar-refractivity contribution is -0.140. The van der Waals surface area contributed by atoms with E-state index in [1.54, 1.807) is 61.1 Å². The first-order valence-corrected chi connectivity index (χ1v) is 14.0. The number of rotatable bonds is 13. The highest BCUT2D eigenvalue weighted by Gasteiger charge is 2.30. The average Bonchev–Trinajstić information content (AvgIpc) is 3.01. The van der Waals surface area contributed by atoms with Crippen molar-refractivity contribution in [3.63, 3.8) is 0 Å². The van der Waals surface area contributed by atoms with E-state index in [0.717, 1.165) is 16.9 Å². The van der Waals surface area contributed by atoms with Crippen molar-refractivity contribution in [2.45, 2.75) is 38.6 Å². The van der Waals surface area contributed by atoms with Crippen molar-refractivity contribution in [2.24, 2.45) is 0 Å². The second-order valence-electron chi connectivity index (χ2n) is 10.1. The summed E-state index contributed by atoms with van der Waals surface area (Å²) >= 11 is 0. The highest BCUT2D eigenvalue weighted by Crippen LogP contribution is 2.42. The van der Waals surface area contributed by atoms with Gasteiger partial charge in [0.2, 0.25) is 0 Å². The van der Waals surface area contributed by atoms with Gasteiger partial charge in [-0.05, 0) is 60.9 Å². The molecule has 2 N–H and O–H groups in total.